The summed E-state index contributed by atoms with van der Waals surface area (Å²) in [5.74, 6) is 0.755. The maximum Gasteiger partial charge on any atom is 0.343 e. The largest absolute Gasteiger partial charge is 0.343 e. The van der Waals surface area contributed by atoms with Crippen molar-refractivity contribution < 1.29 is 4.39 Å². The molecule has 1 fully saturated rings. The Hall–Kier alpha value is -2.74. The van der Waals surface area contributed by atoms with Crippen LogP contribution in [0, 0.1) is 12.7 Å². The van der Waals surface area contributed by atoms with Gasteiger partial charge in [0.2, 0.25) is 0 Å². The molecule has 1 aliphatic heterocycles. The minimum absolute atomic E-state index is 0.185. The topological polar surface area (TPSA) is 71.7 Å². The van der Waals surface area contributed by atoms with Crippen molar-refractivity contribution in [1.29, 1.82) is 0 Å². The maximum atomic E-state index is 13.9. The summed E-state index contributed by atoms with van der Waals surface area (Å²) in [5, 5.41) is 11.0. The Bertz CT molecular complexity index is 966. The number of aromatic nitrogens is 5. The van der Waals surface area contributed by atoms with Crippen LogP contribution in [0.15, 0.2) is 35.3 Å². The van der Waals surface area contributed by atoms with E-state index in [0.717, 1.165) is 36.7 Å². The number of para-hydroxylation sites is 1. The van der Waals surface area contributed by atoms with E-state index in [1.165, 1.54) is 6.07 Å². The highest BCUT2D eigenvalue weighted by Gasteiger charge is 2.32. The van der Waals surface area contributed by atoms with E-state index in [2.05, 4.69) is 20.2 Å². The number of hydrogen-bond donors (Lipinski definition) is 1. The van der Waals surface area contributed by atoms with Crippen molar-refractivity contribution in [1.82, 2.24) is 29.4 Å². The summed E-state index contributed by atoms with van der Waals surface area (Å²) < 4.78 is 17.1. The zero-order chi connectivity index (χ0) is 17.6. The fourth-order valence-corrected chi connectivity index (χ4v) is 3.24. The van der Waals surface area contributed by atoms with Gasteiger partial charge in [-0.2, -0.15) is 10.2 Å². The molecular formula is C17H19FN6O. The van der Waals surface area contributed by atoms with Gasteiger partial charge < -0.3 is 0 Å². The Balaban J connectivity index is 1.46. The van der Waals surface area contributed by atoms with E-state index >= 15 is 0 Å². The SMILES string of the molecule is Cc1nn(-c2ccccc2F)cc1CN1CC(c2n[nH]c(=O)n2C)C1. The zero-order valence-corrected chi connectivity index (χ0v) is 14.1. The second kappa shape index (κ2) is 5.96. The molecule has 1 saturated heterocycles. The molecule has 7 nitrogen and oxygen atoms in total. The second-order valence-corrected chi connectivity index (χ2v) is 6.47. The number of H-pyrrole nitrogens is 1. The fourth-order valence-electron chi connectivity index (χ4n) is 3.24. The summed E-state index contributed by atoms with van der Waals surface area (Å²) in [6.45, 7) is 4.35. The number of halogens is 1. The maximum absolute atomic E-state index is 13.9. The van der Waals surface area contributed by atoms with E-state index in [-0.39, 0.29) is 17.4 Å². The van der Waals surface area contributed by atoms with Gasteiger partial charge in [-0.25, -0.2) is 19.0 Å². The van der Waals surface area contributed by atoms with Crippen LogP contribution < -0.4 is 5.69 Å². The summed E-state index contributed by atoms with van der Waals surface area (Å²) in [6.07, 6.45) is 1.88. The predicted octanol–water partition coefficient (Wildman–Crippen LogP) is 1.34. The summed E-state index contributed by atoms with van der Waals surface area (Å²) >= 11 is 0. The average Bonchev–Trinajstić information content (AvgIpc) is 3.07. The first-order valence-corrected chi connectivity index (χ1v) is 8.16. The third-order valence-corrected chi connectivity index (χ3v) is 4.73. The molecule has 1 N–H and O–H groups in total. The van der Waals surface area contributed by atoms with Crippen molar-refractivity contribution in [2.45, 2.75) is 19.4 Å². The molecule has 0 spiro atoms. The summed E-state index contributed by atoms with van der Waals surface area (Å²) in [4.78, 5) is 13.7. The Labute approximate surface area is 143 Å². The lowest BCUT2D eigenvalue weighted by Gasteiger charge is -2.38. The number of nitrogens with zero attached hydrogens (tertiary/aromatic N) is 5. The highest BCUT2D eigenvalue weighted by molar-refractivity contribution is 5.34. The molecule has 3 heterocycles. The van der Waals surface area contributed by atoms with Gasteiger partial charge in [-0.3, -0.25) is 9.47 Å². The van der Waals surface area contributed by atoms with Gasteiger partial charge in [0, 0.05) is 44.4 Å². The van der Waals surface area contributed by atoms with E-state index in [1.807, 2.05) is 13.1 Å². The van der Waals surface area contributed by atoms with Crippen molar-refractivity contribution in [2.75, 3.05) is 13.1 Å². The van der Waals surface area contributed by atoms with Crippen molar-refractivity contribution in [3.63, 3.8) is 0 Å². The van der Waals surface area contributed by atoms with Crippen LogP contribution in [-0.2, 0) is 13.6 Å². The number of aromatic amines is 1. The van der Waals surface area contributed by atoms with Crippen LogP contribution in [0.2, 0.25) is 0 Å². The first-order chi connectivity index (χ1) is 12.0. The molecule has 25 heavy (non-hydrogen) atoms. The molecule has 130 valence electrons. The third-order valence-electron chi connectivity index (χ3n) is 4.73. The average molecular weight is 342 g/mol. The molecule has 0 saturated carbocycles. The van der Waals surface area contributed by atoms with Crippen LogP contribution in [0.1, 0.15) is 23.0 Å². The molecule has 1 aliphatic rings. The Morgan fingerprint density at radius 2 is 2.08 bits per heavy atom. The number of rotatable bonds is 4. The van der Waals surface area contributed by atoms with Crippen LogP contribution in [-0.4, -0.2) is 42.5 Å². The number of benzene rings is 1. The number of nitrogens with one attached hydrogen (secondary N) is 1. The normalized spacial score (nSPS) is 15.5. The molecule has 2 aromatic heterocycles. The van der Waals surface area contributed by atoms with E-state index in [4.69, 9.17) is 0 Å². The number of likely N-dealkylation sites (tertiary alicyclic amines) is 1. The van der Waals surface area contributed by atoms with E-state index in [0.29, 0.717) is 5.69 Å². The predicted molar refractivity (Wildman–Crippen MR) is 90.1 cm³/mol. The van der Waals surface area contributed by atoms with Crippen molar-refractivity contribution in [3.05, 3.63) is 63.8 Å². The van der Waals surface area contributed by atoms with Crippen LogP contribution in [0.3, 0.4) is 0 Å². The molecular weight excluding hydrogens is 323 g/mol. The lowest BCUT2D eigenvalue weighted by molar-refractivity contribution is 0.132. The molecule has 1 aromatic carbocycles. The Kier molecular flexibility index (Phi) is 3.76. The smallest absolute Gasteiger partial charge is 0.297 e. The van der Waals surface area contributed by atoms with Gasteiger partial charge >= 0.3 is 5.69 Å². The molecule has 0 radical (unpaired) electrons. The van der Waals surface area contributed by atoms with E-state index in [1.54, 1.807) is 34.5 Å². The first-order valence-electron chi connectivity index (χ1n) is 8.16. The van der Waals surface area contributed by atoms with Crippen molar-refractivity contribution in [2.24, 2.45) is 7.05 Å². The Morgan fingerprint density at radius 1 is 1.32 bits per heavy atom. The monoisotopic (exact) mass is 342 g/mol. The molecule has 4 rings (SSSR count). The summed E-state index contributed by atoms with van der Waals surface area (Å²) in [7, 11) is 1.73. The molecule has 0 aliphatic carbocycles. The van der Waals surface area contributed by atoms with Gasteiger partial charge in [0.25, 0.3) is 0 Å². The van der Waals surface area contributed by atoms with Crippen LogP contribution >= 0.6 is 0 Å². The molecule has 8 heteroatoms. The standard InChI is InChI=1S/C17H19FN6O/c1-11-12(10-24(21-11)15-6-4-3-5-14(15)18)7-23-8-13(9-23)16-19-20-17(25)22(16)2/h3-6,10,13H,7-9H2,1-2H3,(H,20,25). The first kappa shape index (κ1) is 15.8. The molecule has 0 atom stereocenters. The molecule has 0 bridgehead atoms. The van der Waals surface area contributed by atoms with Crippen molar-refractivity contribution >= 4 is 0 Å². The minimum atomic E-state index is -0.292. The fraction of sp³-hybridized carbons (Fsp3) is 0.353. The van der Waals surface area contributed by atoms with E-state index < -0.39 is 0 Å². The number of aryl methyl sites for hydroxylation is 1. The molecule has 0 unspecified atom stereocenters. The summed E-state index contributed by atoms with van der Waals surface area (Å²) in [5.41, 5.74) is 2.22. The van der Waals surface area contributed by atoms with Crippen LogP contribution in [0.4, 0.5) is 4.39 Å². The summed E-state index contributed by atoms with van der Waals surface area (Å²) in [6, 6.07) is 6.60. The van der Waals surface area contributed by atoms with E-state index in [9.17, 15) is 9.18 Å². The van der Waals surface area contributed by atoms with Gasteiger partial charge in [-0.15, -0.1) is 0 Å². The van der Waals surface area contributed by atoms with Crippen LogP contribution in [0.5, 0.6) is 0 Å². The molecule has 3 aromatic rings. The van der Waals surface area contributed by atoms with Crippen molar-refractivity contribution in [3.8, 4) is 5.69 Å². The van der Waals surface area contributed by atoms with Gasteiger partial charge in [0.1, 0.15) is 17.3 Å². The third kappa shape index (κ3) is 2.78. The van der Waals surface area contributed by atoms with Gasteiger partial charge in [-0.05, 0) is 19.1 Å². The highest BCUT2D eigenvalue weighted by atomic mass is 19.1. The quantitative estimate of drug-likeness (QED) is 0.777. The van der Waals surface area contributed by atoms with Gasteiger partial charge in [0.15, 0.2) is 0 Å². The second-order valence-electron chi connectivity index (χ2n) is 6.47. The minimum Gasteiger partial charge on any atom is -0.297 e. The molecule has 0 amide bonds. The lowest BCUT2D eigenvalue weighted by atomic mass is 9.98. The van der Waals surface area contributed by atoms with Gasteiger partial charge in [-0.1, -0.05) is 12.1 Å². The Morgan fingerprint density at radius 3 is 2.76 bits per heavy atom. The zero-order valence-electron chi connectivity index (χ0n) is 14.1. The number of hydrogen-bond acceptors (Lipinski definition) is 4. The lowest BCUT2D eigenvalue weighted by Crippen LogP contribution is -2.45. The van der Waals surface area contributed by atoms with Crippen LogP contribution in [0.25, 0.3) is 5.69 Å². The van der Waals surface area contributed by atoms with Gasteiger partial charge in [0.05, 0.1) is 5.69 Å². The highest BCUT2D eigenvalue weighted by Crippen LogP contribution is 2.27.